The molecule has 0 unspecified atom stereocenters. The number of hydrogen-bond acceptors (Lipinski definition) is 1. The minimum Gasteiger partial charge on any atom is -0.456 e. The molecule has 218 valence electrons. The monoisotopic (exact) mass is 612 g/mol. The number of rotatable bonds is 3. The van der Waals surface area contributed by atoms with E-state index in [1.807, 2.05) is 36.4 Å². The summed E-state index contributed by atoms with van der Waals surface area (Å²) in [5, 5.41) is 1.88. The predicted octanol–water partition coefficient (Wildman–Crippen LogP) is 13.2. The highest BCUT2D eigenvalue weighted by Crippen LogP contribution is 2.45. The van der Waals surface area contributed by atoms with Crippen molar-refractivity contribution in [1.82, 2.24) is 0 Å². The van der Waals surface area contributed by atoms with Crippen LogP contribution in [0.25, 0.3) is 98.4 Å². The van der Waals surface area contributed by atoms with Gasteiger partial charge in [-0.3, -0.25) is 0 Å². The fraction of sp³-hybridized carbons (Fsp3) is 0. The van der Waals surface area contributed by atoms with Crippen LogP contribution in [0.15, 0.2) is 174 Å². The average molecular weight is 613 g/mol. The Morgan fingerprint density at radius 2 is 0.915 bits per heavy atom. The molecule has 1 nitrogen and oxygen atoms in total. The van der Waals surface area contributed by atoms with Gasteiger partial charge in [0.05, 0.1) is 21.9 Å². The number of benzene rings is 9. The van der Waals surface area contributed by atoms with Crippen LogP contribution in [0.5, 0.6) is 0 Å². The van der Waals surface area contributed by atoms with E-state index in [9.17, 15) is 5.48 Å². The van der Waals surface area contributed by atoms with Gasteiger partial charge in [-0.15, -0.1) is 0 Å². The van der Waals surface area contributed by atoms with Gasteiger partial charge in [-0.2, -0.15) is 0 Å². The Kier molecular flexibility index (Phi) is 3.23. The molecule has 0 saturated carbocycles. The summed E-state index contributed by atoms with van der Waals surface area (Å²) >= 11 is 0. The normalized spacial score (nSPS) is 16.6. The smallest absolute Gasteiger partial charge is 0.136 e. The van der Waals surface area contributed by atoms with Gasteiger partial charge in [0.2, 0.25) is 0 Å². The minimum atomic E-state index is -0.586. The van der Waals surface area contributed by atoms with Gasteiger partial charge in [0.15, 0.2) is 0 Å². The maximum atomic E-state index is 9.74. The molecule has 1 heteroatoms. The Morgan fingerprint density at radius 3 is 1.62 bits per heavy atom. The first-order valence-corrected chi connectivity index (χ1v) is 14.9. The van der Waals surface area contributed by atoms with Gasteiger partial charge >= 0.3 is 0 Å². The lowest BCUT2D eigenvalue weighted by atomic mass is 9.85. The largest absolute Gasteiger partial charge is 0.456 e. The van der Waals surface area contributed by atoms with Crippen molar-refractivity contribution in [2.75, 3.05) is 0 Å². The average Bonchev–Trinajstić information content (AvgIpc) is 3.70. The third-order valence-electron chi connectivity index (χ3n) is 8.59. The van der Waals surface area contributed by atoms with Crippen LogP contribution in [0.1, 0.15) is 21.9 Å². The lowest BCUT2D eigenvalue weighted by Crippen LogP contribution is -1.91. The van der Waals surface area contributed by atoms with Crippen LogP contribution < -0.4 is 0 Å². The van der Waals surface area contributed by atoms with Crippen LogP contribution in [0, 0.1) is 0 Å². The maximum Gasteiger partial charge on any atom is 0.136 e. The van der Waals surface area contributed by atoms with Crippen molar-refractivity contribution in [2.24, 2.45) is 0 Å². The van der Waals surface area contributed by atoms with Crippen LogP contribution in [-0.2, 0) is 0 Å². The fourth-order valence-electron chi connectivity index (χ4n) is 6.53. The van der Waals surface area contributed by atoms with Gasteiger partial charge in [-0.1, -0.05) is 145 Å². The van der Waals surface area contributed by atoms with E-state index in [0.717, 1.165) is 5.56 Å². The highest BCUT2D eigenvalue weighted by atomic mass is 16.3. The van der Waals surface area contributed by atoms with Crippen molar-refractivity contribution in [3.05, 3.63) is 169 Å². The molecule has 9 aromatic carbocycles. The molecule has 0 fully saturated rings. The molecule has 0 radical (unpaired) electrons. The first kappa shape index (κ1) is 14.9. The second-order valence-electron chi connectivity index (χ2n) is 11.2. The van der Waals surface area contributed by atoms with E-state index in [2.05, 4.69) is 0 Å². The van der Waals surface area contributed by atoms with E-state index in [0.29, 0.717) is 38.2 Å². The Morgan fingerprint density at radius 1 is 0.362 bits per heavy atom. The second kappa shape index (κ2) is 10.2. The van der Waals surface area contributed by atoms with Gasteiger partial charge < -0.3 is 4.42 Å². The van der Waals surface area contributed by atoms with Gasteiger partial charge in [0, 0.05) is 10.8 Å². The summed E-state index contributed by atoms with van der Waals surface area (Å²) in [7, 11) is 0. The molecule has 0 saturated heterocycles. The Labute approximate surface area is 294 Å². The van der Waals surface area contributed by atoms with Crippen LogP contribution in [0.2, 0.25) is 0 Å². The molecule has 0 amide bonds. The van der Waals surface area contributed by atoms with E-state index in [-0.39, 0.29) is 72.7 Å². The van der Waals surface area contributed by atoms with Crippen molar-refractivity contribution < 1.29 is 26.3 Å². The summed E-state index contributed by atoms with van der Waals surface area (Å²) in [5.41, 5.74) is 1.97. The SMILES string of the molecule is [2H]c1c(-c2c3ccccc3c(-c3ccc(-c4c([2H])c([2H])c([2H])c5c([2H])c([2H])c([2H])c([2H])c45)cc3)c3ccccc23)c([2H])c2c(oc3c([2H])c4c([2H])c([2H])c([2H])c([2H])c4c([2H])c32)c1[2H]. The van der Waals surface area contributed by atoms with Gasteiger partial charge in [-0.25, -0.2) is 0 Å². The molecule has 0 aliphatic carbocycles. The van der Waals surface area contributed by atoms with Crippen molar-refractivity contribution >= 4 is 65.0 Å². The maximum absolute atomic E-state index is 9.74. The molecule has 1 aromatic heterocycles. The van der Waals surface area contributed by atoms with Gasteiger partial charge in [-0.05, 0) is 101 Å². The molecule has 47 heavy (non-hydrogen) atoms. The van der Waals surface area contributed by atoms with Crippen LogP contribution in [-0.4, -0.2) is 0 Å². The lowest BCUT2D eigenvalue weighted by molar-refractivity contribution is 0.669. The summed E-state index contributed by atoms with van der Waals surface area (Å²) in [6, 6.07) is 14.4. The quantitative estimate of drug-likeness (QED) is 0.181. The summed E-state index contributed by atoms with van der Waals surface area (Å²) in [6.07, 6.45) is 0. The zero-order chi connectivity index (χ0) is 44.8. The molecule has 0 N–H and O–H groups in total. The van der Waals surface area contributed by atoms with Crippen LogP contribution in [0.4, 0.5) is 0 Å². The first-order valence-electron chi connectivity index (χ1n) is 22.9. The molecule has 0 aliphatic rings. The minimum absolute atomic E-state index is 0.0254. The molecule has 0 atom stereocenters. The molecule has 0 aliphatic heterocycles. The summed E-state index contributed by atoms with van der Waals surface area (Å²) < 4.78 is 146. The highest BCUT2D eigenvalue weighted by molar-refractivity contribution is 6.22. The standard InChI is InChI=1S/C46H28O/c1-2-12-33-28-44-42(26-32(33)11-1)41-27-34(24-25-43(41)47-44)46-39-17-7-5-15-37(39)45(38-16-6-8-18-40(38)46)31-22-20-30(21-23-31)36-19-9-13-29-10-3-4-14-35(29)36/h1-28H/i1D,2D,3D,4D,9D,10D,11D,12D,13D,14D,19D,24D,25D,26D,27D,28D. The molecule has 0 bridgehead atoms. The van der Waals surface area contributed by atoms with E-state index < -0.39 is 78.6 Å². The molecule has 10 aromatic rings. The number of hydrogen-bond donors (Lipinski definition) is 0. The first-order chi connectivity index (χ1) is 30.0. The lowest BCUT2D eigenvalue weighted by Gasteiger charge is -2.18. The van der Waals surface area contributed by atoms with E-state index in [1.54, 1.807) is 36.4 Å². The molecule has 1 heterocycles. The number of fused-ring (bicyclic) bond motifs is 7. The second-order valence-corrected chi connectivity index (χ2v) is 11.2. The predicted molar refractivity (Wildman–Crippen MR) is 200 cm³/mol. The third kappa shape index (κ3) is 4.03. The third-order valence-corrected chi connectivity index (χ3v) is 8.59. The topological polar surface area (TPSA) is 13.1 Å². The van der Waals surface area contributed by atoms with E-state index >= 15 is 0 Å². The summed E-state index contributed by atoms with van der Waals surface area (Å²) in [4.78, 5) is 0. The zero-order valence-electron chi connectivity index (χ0n) is 40.3. The Balaban J connectivity index is 1.25. The van der Waals surface area contributed by atoms with E-state index in [4.69, 9.17) is 20.9 Å². The van der Waals surface area contributed by atoms with Gasteiger partial charge in [0.25, 0.3) is 0 Å². The van der Waals surface area contributed by atoms with Crippen molar-refractivity contribution in [1.29, 1.82) is 0 Å². The summed E-state index contributed by atoms with van der Waals surface area (Å²) in [6.45, 7) is 0. The van der Waals surface area contributed by atoms with Crippen molar-refractivity contribution in [3.8, 4) is 33.4 Å². The molecular weight excluding hydrogens is 569 g/mol. The van der Waals surface area contributed by atoms with Gasteiger partial charge in [0.1, 0.15) is 11.2 Å². The Hall–Kier alpha value is -6.18. The molecule has 0 spiro atoms. The zero-order valence-corrected chi connectivity index (χ0v) is 24.3. The van der Waals surface area contributed by atoms with Crippen molar-refractivity contribution in [3.63, 3.8) is 0 Å². The summed E-state index contributed by atoms with van der Waals surface area (Å²) in [5.74, 6) is 0. The highest BCUT2D eigenvalue weighted by Gasteiger charge is 2.18. The Bertz CT molecular complexity index is 3680. The fourth-order valence-corrected chi connectivity index (χ4v) is 6.53. The molecular formula is C46H28O. The molecule has 10 rings (SSSR count). The number of furan rings is 1. The van der Waals surface area contributed by atoms with E-state index in [1.165, 1.54) is 0 Å². The van der Waals surface area contributed by atoms with Crippen LogP contribution in [0.3, 0.4) is 0 Å². The van der Waals surface area contributed by atoms with Crippen LogP contribution >= 0.6 is 0 Å². The van der Waals surface area contributed by atoms with Crippen molar-refractivity contribution in [2.45, 2.75) is 0 Å².